The molecule has 0 aliphatic rings. The van der Waals surface area contributed by atoms with E-state index in [0.29, 0.717) is 5.11 Å². The largest absolute Gasteiger partial charge is 0.332 e. The first-order chi connectivity index (χ1) is 13.5. The monoisotopic (exact) mass is 388 g/mol. The van der Waals surface area contributed by atoms with Crippen molar-refractivity contribution in [3.63, 3.8) is 0 Å². The molecular formula is C24H24N2OS. The van der Waals surface area contributed by atoms with Gasteiger partial charge in [-0.3, -0.25) is 4.79 Å². The van der Waals surface area contributed by atoms with Crippen LogP contribution in [0.2, 0.25) is 0 Å². The van der Waals surface area contributed by atoms with Gasteiger partial charge in [-0.05, 0) is 55.2 Å². The molecule has 3 rings (SSSR count). The molecule has 0 fully saturated rings. The number of anilines is 1. The number of carbonyl (C=O) groups is 1. The summed E-state index contributed by atoms with van der Waals surface area (Å²) in [4.78, 5) is 13.1. The van der Waals surface area contributed by atoms with Crippen molar-refractivity contribution in [3.05, 3.63) is 101 Å². The summed E-state index contributed by atoms with van der Waals surface area (Å²) in [6.45, 7) is 6.13. The van der Waals surface area contributed by atoms with Gasteiger partial charge in [0.05, 0.1) is 5.92 Å². The van der Waals surface area contributed by atoms with E-state index in [1.54, 1.807) is 0 Å². The Labute approximate surface area is 171 Å². The summed E-state index contributed by atoms with van der Waals surface area (Å²) in [5.74, 6) is -0.584. The van der Waals surface area contributed by atoms with Crippen molar-refractivity contribution < 1.29 is 4.79 Å². The van der Waals surface area contributed by atoms with Crippen LogP contribution in [-0.2, 0) is 4.79 Å². The van der Waals surface area contributed by atoms with Crippen molar-refractivity contribution in [2.24, 2.45) is 0 Å². The zero-order valence-corrected chi connectivity index (χ0v) is 17.1. The molecule has 3 aromatic carbocycles. The van der Waals surface area contributed by atoms with Crippen molar-refractivity contribution in [2.45, 2.75) is 26.7 Å². The van der Waals surface area contributed by atoms with Gasteiger partial charge in [0.2, 0.25) is 5.91 Å². The first-order valence-electron chi connectivity index (χ1n) is 9.25. The first-order valence-corrected chi connectivity index (χ1v) is 9.66. The lowest BCUT2D eigenvalue weighted by molar-refractivity contribution is -0.120. The Hall–Kier alpha value is -2.98. The Morgan fingerprint density at radius 3 is 1.75 bits per heavy atom. The van der Waals surface area contributed by atoms with Gasteiger partial charge in [0, 0.05) is 5.69 Å². The average Bonchev–Trinajstić information content (AvgIpc) is 2.66. The number of benzene rings is 3. The minimum atomic E-state index is -0.428. The van der Waals surface area contributed by atoms with E-state index in [0.717, 1.165) is 27.9 Å². The molecule has 0 aliphatic heterocycles. The number of aryl methyl sites for hydroxylation is 3. The lowest BCUT2D eigenvalue weighted by atomic mass is 9.90. The number of nitrogens with one attached hydrogen (secondary N) is 2. The molecule has 0 saturated carbocycles. The molecule has 0 atom stereocenters. The van der Waals surface area contributed by atoms with Gasteiger partial charge in [0.1, 0.15) is 0 Å². The fourth-order valence-corrected chi connectivity index (χ4v) is 3.69. The van der Waals surface area contributed by atoms with Crippen LogP contribution in [0.5, 0.6) is 0 Å². The molecule has 3 aromatic rings. The number of carbonyl (C=O) groups excluding carboxylic acids is 1. The van der Waals surface area contributed by atoms with E-state index < -0.39 is 5.92 Å². The molecule has 1 amide bonds. The smallest absolute Gasteiger partial charge is 0.238 e. The Morgan fingerprint density at radius 1 is 0.821 bits per heavy atom. The third-order valence-electron chi connectivity index (χ3n) is 4.68. The van der Waals surface area contributed by atoms with Gasteiger partial charge in [-0.1, -0.05) is 78.4 Å². The third kappa shape index (κ3) is 4.65. The van der Waals surface area contributed by atoms with Crippen LogP contribution < -0.4 is 10.6 Å². The van der Waals surface area contributed by atoms with Crippen LogP contribution in [-0.4, -0.2) is 11.0 Å². The summed E-state index contributed by atoms with van der Waals surface area (Å²) < 4.78 is 0. The summed E-state index contributed by atoms with van der Waals surface area (Å²) in [6.07, 6.45) is 0. The molecule has 28 heavy (non-hydrogen) atoms. The minimum Gasteiger partial charge on any atom is -0.332 e. The van der Waals surface area contributed by atoms with Crippen LogP contribution in [0, 0.1) is 20.8 Å². The van der Waals surface area contributed by atoms with Crippen molar-refractivity contribution >= 4 is 28.9 Å². The van der Waals surface area contributed by atoms with Crippen LogP contribution >= 0.6 is 12.2 Å². The fourth-order valence-electron chi connectivity index (χ4n) is 3.49. The Balaban J connectivity index is 1.82. The van der Waals surface area contributed by atoms with Crippen molar-refractivity contribution in [1.29, 1.82) is 0 Å². The number of rotatable bonds is 4. The maximum absolute atomic E-state index is 13.1. The second-order valence-electron chi connectivity index (χ2n) is 6.97. The lowest BCUT2D eigenvalue weighted by Crippen LogP contribution is -2.38. The van der Waals surface area contributed by atoms with E-state index in [4.69, 9.17) is 12.2 Å². The predicted octanol–water partition coefficient (Wildman–Crippen LogP) is 5.26. The predicted molar refractivity (Wildman–Crippen MR) is 120 cm³/mol. The topological polar surface area (TPSA) is 41.1 Å². The SMILES string of the molecule is Cc1cc(C)c(NC(=S)NC(=O)C(c2ccccc2)c2ccccc2)c(C)c1. The highest BCUT2D eigenvalue weighted by Gasteiger charge is 2.23. The van der Waals surface area contributed by atoms with Crippen LogP contribution in [0.3, 0.4) is 0 Å². The first kappa shape index (κ1) is 19.8. The van der Waals surface area contributed by atoms with Crippen molar-refractivity contribution in [3.8, 4) is 0 Å². The zero-order valence-electron chi connectivity index (χ0n) is 16.3. The average molecular weight is 389 g/mol. The number of hydrogen-bond donors (Lipinski definition) is 2. The molecule has 142 valence electrons. The summed E-state index contributed by atoms with van der Waals surface area (Å²) in [7, 11) is 0. The Kier molecular flexibility index (Phi) is 6.22. The van der Waals surface area contributed by atoms with Gasteiger partial charge < -0.3 is 10.6 Å². The van der Waals surface area contributed by atoms with E-state index in [1.165, 1.54) is 5.56 Å². The molecule has 0 radical (unpaired) electrons. The second kappa shape index (κ2) is 8.81. The van der Waals surface area contributed by atoms with Crippen LogP contribution in [0.15, 0.2) is 72.8 Å². The van der Waals surface area contributed by atoms with Crippen LogP contribution in [0.1, 0.15) is 33.7 Å². The molecule has 0 aromatic heterocycles. The normalized spacial score (nSPS) is 10.6. The quantitative estimate of drug-likeness (QED) is 0.599. The van der Waals surface area contributed by atoms with Crippen LogP contribution in [0.4, 0.5) is 5.69 Å². The molecule has 0 heterocycles. The third-order valence-corrected chi connectivity index (χ3v) is 4.88. The summed E-state index contributed by atoms with van der Waals surface area (Å²) >= 11 is 5.44. The molecule has 4 heteroatoms. The molecule has 0 aliphatic carbocycles. The van der Waals surface area contributed by atoms with E-state index >= 15 is 0 Å². The van der Waals surface area contributed by atoms with Gasteiger partial charge in [0.25, 0.3) is 0 Å². The van der Waals surface area contributed by atoms with Gasteiger partial charge in [-0.25, -0.2) is 0 Å². The number of amides is 1. The number of thiocarbonyl (C=S) groups is 1. The van der Waals surface area contributed by atoms with E-state index in [2.05, 4.69) is 29.7 Å². The summed E-state index contributed by atoms with van der Waals surface area (Å²) in [5, 5.41) is 6.37. The minimum absolute atomic E-state index is 0.155. The standard InChI is InChI=1S/C24H24N2OS/c1-16-14-17(2)22(18(3)15-16)25-24(28)26-23(27)21(19-10-6-4-7-11-19)20-12-8-5-9-13-20/h4-15,21H,1-3H3,(H2,25,26,27,28). The number of hydrogen-bond acceptors (Lipinski definition) is 2. The van der Waals surface area contributed by atoms with Crippen LogP contribution in [0.25, 0.3) is 0 Å². The summed E-state index contributed by atoms with van der Waals surface area (Å²) in [6, 6.07) is 23.7. The maximum atomic E-state index is 13.1. The van der Waals surface area contributed by atoms with E-state index in [1.807, 2.05) is 74.5 Å². The second-order valence-corrected chi connectivity index (χ2v) is 7.38. The van der Waals surface area contributed by atoms with Gasteiger partial charge >= 0.3 is 0 Å². The van der Waals surface area contributed by atoms with E-state index in [-0.39, 0.29) is 5.91 Å². The highest BCUT2D eigenvalue weighted by Crippen LogP contribution is 2.25. The Bertz CT molecular complexity index is 921. The van der Waals surface area contributed by atoms with Crippen molar-refractivity contribution in [1.82, 2.24) is 5.32 Å². The Morgan fingerprint density at radius 2 is 1.29 bits per heavy atom. The van der Waals surface area contributed by atoms with Gasteiger partial charge in [-0.2, -0.15) is 0 Å². The maximum Gasteiger partial charge on any atom is 0.238 e. The molecule has 0 unspecified atom stereocenters. The lowest BCUT2D eigenvalue weighted by Gasteiger charge is -2.20. The molecule has 3 nitrogen and oxygen atoms in total. The zero-order chi connectivity index (χ0) is 20.1. The highest BCUT2D eigenvalue weighted by molar-refractivity contribution is 7.80. The van der Waals surface area contributed by atoms with E-state index in [9.17, 15) is 4.79 Å². The fraction of sp³-hybridized carbons (Fsp3) is 0.167. The van der Waals surface area contributed by atoms with Gasteiger partial charge in [0.15, 0.2) is 5.11 Å². The highest BCUT2D eigenvalue weighted by atomic mass is 32.1. The summed E-state index contributed by atoms with van der Waals surface area (Å²) in [5.41, 5.74) is 6.18. The molecule has 0 bridgehead atoms. The molecule has 0 saturated heterocycles. The molecular weight excluding hydrogens is 364 g/mol. The molecule has 2 N–H and O–H groups in total. The van der Waals surface area contributed by atoms with Crippen molar-refractivity contribution in [2.75, 3.05) is 5.32 Å². The van der Waals surface area contributed by atoms with Gasteiger partial charge in [-0.15, -0.1) is 0 Å². The molecule has 0 spiro atoms.